The topological polar surface area (TPSA) is 54.7 Å². The second kappa shape index (κ2) is 5.18. The molecule has 0 saturated heterocycles. The van der Waals surface area contributed by atoms with Crippen LogP contribution < -0.4 is 5.73 Å². The summed E-state index contributed by atoms with van der Waals surface area (Å²) < 4.78 is 0. The molecule has 0 aliphatic rings. The Bertz CT molecular complexity index is 422. The third kappa shape index (κ3) is 2.46. The van der Waals surface area contributed by atoms with Gasteiger partial charge in [-0.05, 0) is 23.4 Å². The minimum atomic E-state index is -0.171. The summed E-state index contributed by atoms with van der Waals surface area (Å²) in [5.41, 5.74) is 7.16. The number of hydrogen-bond acceptors (Lipinski definition) is 3. The minimum absolute atomic E-state index is 0.171. The van der Waals surface area contributed by atoms with E-state index in [9.17, 15) is 0 Å². The van der Waals surface area contributed by atoms with Gasteiger partial charge in [-0.3, -0.25) is 0 Å². The van der Waals surface area contributed by atoms with E-state index in [0.717, 1.165) is 17.1 Å². The molecule has 1 atom stereocenters. The van der Waals surface area contributed by atoms with Crippen molar-refractivity contribution in [2.45, 2.75) is 17.9 Å². The molecule has 0 bridgehead atoms. The molecule has 1 aromatic carbocycles. The van der Waals surface area contributed by atoms with Crippen molar-refractivity contribution in [1.29, 1.82) is 0 Å². The number of rotatable bonds is 4. The van der Waals surface area contributed by atoms with Crippen molar-refractivity contribution < 1.29 is 0 Å². The van der Waals surface area contributed by atoms with Crippen LogP contribution in [0.25, 0.3) is 0 Å². The molecule has 84 valence electrons. The molecule has 2 aromatic rings. The number of hydrogen-bond donors (Lipinski definition) is 2. The molecule has 16 heavy (non-hydrogen) atoms. The van der Waals surface area contributed by atoms with Crippen LogP contribution in [0.2, 0.25) is 0 Å². The van der Waals surface area contributed by atoms with E-state index in [1.54, 1.807) is 12.4 Å². The number of imidazole rings is 1. The molecule has 0 amide bonds. The Morgan fingerprint density at radius 3 is 2.69 bits per heavy atom. The smallest absolute Gasteiger partial charge is 0.127 e. The minimum Gasteiger partial charge on any atom is -0.347 e. The first-order valence-corrected chi connectivity index (χ1v) is 6.27. The Hall–Kier alpha value is -1.26. The van der Waals surface area contributed by atoms with Crippen molar-refractivity contribution in [3.8, 4) is 0 Å². The van der Waals surface area contributed by atoms with Gasteiger partial charge >= 0.3 is 0 Å². The fourth-order valence-electron chi connectivity index (χ4n) is 1.54. The maximum Gasteiger partial charge on any atom is 0.127 e. The third-order valence-electron chi connectivity index (χ3n) is 2.36. The van der Waals surface area contributed by atoms with Crippen molar-refractivity contribution in [3.63, 3.8) is 0 Å². The monoisotopic (exact) mass is 233 g/mol. The van der Waals surface area contributed by atoms with Gasteiger partial charge in [-0.2, -0.15) is 0 Å². The summed E-state index contributed by atoms with van der Waals surface area (Å²) in [6.45, 7) is 2.15. The Balaban J connectivity index is 2.15. The molecule has 0 aliphatic heterocycles. The third-order valence-corrected chi connectivity index (χ3v) is 3.26. The molecule has 0 spiro atoms. The van der Waals surface area contributed by atoms with E-state index in [4.69, 9.17) is 5.73 Å². The van der Waals surface area contributed by atoms with Gasteiger partial charge < -0.3 is 10.7 Å². The van der Waals surface area contributed by atoms with Crippen LogP contribution >= 0.6 is 11.8 Å². The van der Waals surface area contributed by atoms with E-state index in [0.29, 0.717) is 0 Å². The number of aromatic amines is 1. The van der Waals surface area contributed by atoms with Crippen molar-refractivity contribution in [2.75, 3.05) is 5.75 Å². The Morgan fingerprint density at radius 1 is 1.38 bits per heavy atom. The van der Waals surface area contributed by atoms with Crippen LogP contribution in [0.3, 0.4) is 0 Å². The van der Waals surface area contributed by atoms with Crippen molar-refractivity contribution in [1.82, 2.24) is 9.97 Å². The Kier molecular flexibility index (Phi) is 3.64. The number of thioether (sulfide) groups is 1. The van der Waals surface area contributed by atoms with Crippen LogP contribution in [0.15, 0.2) is 41.6 Å². The molecule has 0 saturated carbocycles. The van der Waals surface area contributed by atoms with E-state index in [1.165, 1.54) is 4.90 Å². The number of nitrogens with zero attached hydrogens (tertiary/aromatic N) is 1. The highest BCUT2D eigenvalue weighted by Crippen LogP contribution is 2.21. The van der Waals surface area contributed by atoms with Crippen molar-refractivity contribution in [3.05, 3.63) is 48.0 Å². The standard InChI is InChI=1S/C12H15N3S/c1-2-16-10-5-3-9(4-6-10)11(13)12-14-7-8-15-12/h3-8,11H,2,13H2,1H3,(H,14,15). The number of benzene rings is 1. The zero-order chi connectivity index (χ0) is 11.4. The van der Waals surface area contributed by atoms with Gasteiger partial charge in [0.2, 0.25) is 0 Å². The largest absolute Gasteiger partial charge is 0.347 e. The molecular weight excluding hydrogens is 218 g/mol. The second-order valence-corrected chi connectivity index (χ2v) is 4.79. The molecule has 2 rings (SSSR count). The first-order valence-electron chi connectivity index (χ1n) is 5.29. The molecular formula is C12H15N3S. The first-order chi connectivity index (χ1) is 7.81. The maximum atomic E-state index is 6.08. The molecule has 4 heteroatoms. The second-order valence-electron chi connectivity index (χ2n) is 3.45. The highest BCUT2D eigenvalue weighted by atomic mass is 32.2. The molecule has 3 nitrogen and oxygen atoms in total. The summed E-state index contributed by atoms with van der Waals surface area (Å²) in [5, 5.41) is 0. The Morgan fingerprint density at radius 2 is 2.12 bits per heavy atom. The number of nitrogens with two attached hydrogens (primary N) is 1. The van der Waals surface area contributed by atoms with Crippen molar-refractivity contribution in [2.24, 2.45) is 5.73 Å². The highest BCUT2D eigenvalue weighted by molar-refractivity contribution is 7.99. The van der Waals surface area contributed by atoms with Gasteiger partial charge in [0.05, 0.1) is 6.04 Å². The van der Waals surface area contributed by atoms with Crippen LogP contribution in [0, 0.1) is 0 Å². The van der Waals surface area contributed by atoms with Crippen LogP contribution in [0.1, 0.15) is 24.4 Å². The van der Waals surface area contributed by atoms with Crippen LogP contribution in [0.4, 0.5) is 0 Å². The summed E-state index contributed by atoms with van der Waals surface area (Å²) >= 11 is 1.83. The first kappa shape index (κ1) is 11.2. The molecule has 3 N–H and O–H groups in total. The van der Waals surface area contributed by atoms with E-state index >= 15 is 0 Å². The number of aromatic nitrogens is 2. The summed E-state index contributed by atoms with van der Waals surface area (Å²) in [4.78, 5) is 8.48. The molecule has 1 heterocycles. The normalized spacial score (nSPS) is 12.6. The lowest BCUT2D eigenvalue weighted by Gasteiger charge is -2.09. The average molecular weight is 233 g/mol. The fraction of sp³-hybridized carbons (Fsp3) is 0.250. The van der Waals surface area contributed by atoms with Gasteiger partial charge in [-0.1, -0.05) is 19.1 Å². The van der Waals surface area contributed by atoms with E-state index < -0.39 is 0 Å². The quantitative estimate of drug-likeness (QED) is 0.798. The predicted molar refractivity (Wildman–Crippen MR) is 67.5 cm³/mol. The zero-order valence-corrected chi connectivity index (χ0v) is 10.00. The summed E-state index contributed by atoms with van der Waals surface area (Å²) in [6.07, 6.45) is 3.51. The van der Waals surface area contributed by atoms with Gasteiger partial charge in [-0.25, -0.2) is 4.98 Å². The lowest BCUT2D eigenvalue weighted by molar-refractivity contribution is 0.800. The van der Waals surface area contributed by atoms with E-state index in [1.807, 2.05) is 11.8 Å². The van der Waals surface area contributed by atoms with Gasteiger partial charge in [-0.15, -0.1) is 11.8 Å². The Labute approximate surface area is 99.5 Å². The molecule has 1 unspecified atom stereocenters. The van der Waals surface area contributed by atoms with E-state index in [-0.39, 0.29) is 6.04 Å². The van der Waals surface area contributed by atoms with Gasteiger partial charge in [0.1, 0.15) is 5.82 Å². The molecule has 0 fully saturated rings. The summed E-state index contributed by atoms with van der Waals surface area (Å²) in [6, 6.07) is 8.16. The highest BCUT2D eigenvalue weighted by Gasteiger charge is 2.10. The molecule has 0 aliphatic carbocycles. The average Bonchev–Trinajstić information content (AvgIpc) is 2.83. The predicted octanol–water partition coefficient (Wildman–Crippen LogP) is 2.57. The van der Waals surface area contributed by atoms with Crippen LogP contribution in [-0.4, -0.2) is 15.7 Å². The summed E-state index contributed by atoms with van der Waals surface area (Å²) in [7, 11) is 0. The maximum absolute atomic E-state index is 6.08. The van der Waals surface area contributed by atoms with E-state index in [2.05, 4.69) is 41.2 Å². The summed E-state index contributed by atoms with van der Waals surface area (Å²) in [5.74, 6) is 1.89. The van der Waals surface area contributed by atoms with Crippen LogP contribution in [-0.2, 0) is 0 Å². The lowest BCUT2D eigenvalue weighted by Crippen LogP contribution is -2.13. The number of H-pyrrole nitrogens is 1. The SMILES string of the molecule is CCSc1ccc(C(N)c2ncc[nH]2)cc1. The van der Waals surface area contributed by atoms with Gasteiger partial charge in [0, 0.05) is 17.3 Å². The number of nitrogens with one attached hydrogen (secondary N) is 1. The lowest BCUT2D eigenvalue weighted by atomic mass is 10.1. The zero-order valence-electron chi connectivity index (χ0n) is 9.18. The van der Waals surface area contributed by atoms with Gasteiger partial charge in [0.15, 0.2) is 0 Å². The van der Waals surface area contributed by atoms with Crippen LogP contribution in [0.5, 0.6) is 0 Å². The molecule has 1 aromatic heterocycles. The fourth-order valence-corrected chi connectivity index (χ4v) is 2.21. The van der Waals surface area contributed by atoms with Crippen molar-refractivity contribution >= 4 is 11.8 Å². The van der Waals surface area contributed by atoms with Gasteiger partial charge in [0.25, 0.3) is 0 Å². The molecule has 0 radical (unpaired) electrons.